The molecule has 1 amide bonds. The molecule has 3 aromatic rings. The lowest BCUT2D eigenvalue weighted by Gasteiger charge is -2.09. The number of carbonyl (C=O) groups is 1. The molecule has 30 heavy (non-hydrogen) atoms. The molecule has 3 rings (SSSR count). The van der Waals surface area contributed by atoms with Crippen LogP contribution < -0.4 is 16.6 Å². The number of halogens is 4. The van der Waals surface area contributed by atoms with Gasteiger partial charge in [-0.05, 0) is 6.07 Å². The summed E-state index contributed by atoms with van der Waals surface area (Å²) in [5.74, 6) is -0.735. The molecule has 0 saturated carbocycles. The molecule has 0 aliphatic heterocycles. The van der Waals surface area contributed by atoms with Crippen molar-refractivity contribution in [2.24, 2.45) is 21.1 Å². The van der Waals surface area contributed by atoms with Gasteiger partial charge in [0.2, 0.25) is 5.82 Å². The first-order valence-corrected chi connectivity index (χ1v) is 8.93. The van der Waals surface area contributed by atoms with Crippen LogP contribution >= 0.6 is 11.6 Å². The lowest BCUT2D eigenvalue weighted by atomic mass is 10.2. The number of pyridine rings is 1. The second kappa shape index (κ2) is 7.59. The molecule has 0 bridgehead atoms. The third kappa shape index (κ3) is 3.70. The monoisotopic (exact) mass is 444 g/mol. The minimum atomic E-state index is -4.55. The standard InChI is InChI=1S/C17H16ClF3N6O3/c1-25-11-12(26(2)16(30)27(3)15(11)29)24-13(25)14(28)22-5-4-10-9(18)6-8(7-23-10)17(19,20)21/h6-7H,4-5H2,1-3H3,(H,22,28). The van der Waals surface area contributed by atoms with Crippen LogP contribution in [-0.2, 0) is 33.7 Å². The molecule has 0 aliphatic carbocycles. The normalized spacial score (nSPS) is 11.8. The van der Waals surface area contributed by atoms with Gasteiger partial charge in [-0.15, -0.1) is 0 Å². The van der Waals surface area contributed by atoms with E-state index in [1.165, 1.54) is 25.7 Å². The van der Waals surface area contributed by atoms with Crippen molar-refractivity contribution in [2.75, 3.05) is 6.54 Å². The first-order valence-electron chi connectivity index (χ1n) is 8.55. The van der Waals surface area contributed by atoms with Crippen LogP contribution in [0.3, 0.4) is 0 Å². The first kappa shape index (κ1) is 21.6. The van der Waals surface area contributed by atoms with E-state index in [0.717, 1.165) is 15.2 Å². The fourth-order valence-electron chi connectivity index (χ4n) is 2.90. The van der Waals surface area contributed by atoms with Gasteiger partial charge < -0.3 is 9.88 Å². The number of imidazole rings is 1. The van der Waals surface area contributed by atoms with Gasteiger partial charge in [0.15, 0.2) is 11.2 Å². The van der Waals surface area contributed by atoms with Gasteiger partial charge in [-0.3, -0.25) is 23.7 Å². The number of hydrogen-bond acceptors (Lipinski definition) is 5. The fourth-order valence-corrected chi connectivity index (χ4v) is 3.16. The Balaban J connectivity index is 1.79. The lowest BCUT2D eigenvalue weighted by Crippen LogP contribution is -2.37. The molecule has 0 unspecified atom stereocenters. The number of hydrogen-bond donors (Lipinski definition) is 1. The van der Waals surface area contributed by atoms with Gasteiger partial charge in [0.25, 0.3) is 11.5 Å². The van der Waals surface area contributed by atoms with Crippen molar-refractivity contribution in [3.05, 3.63) is 55.2 Å². The maximum absolute atomic E-state index is 12.7. The van der Waals surface area contributed by atoms with Crippen LogP contribution in [0.2, 0.25) is 5.02 Å². The Morgan fingerprint density at radius 2 is 1.83 bits per heavy atom. The highest BCUT2D eigenvalue weighted by molar-refractivity contribution is 6.31. The molecule has 0 radical (unpaired) electrons. The Morgan fingerprint density at radius 1 is 1.17 bits per heavy atom. The van der Waals surface area contributed by atoms with Crippen molar-refractivity contribution in [1.82, 2.24) is 29.0 Å². The second-order valence-electron chi connectivity index (χ2n) is 6.53. The predicted octanol–water partition coefficient (Wildman–Crippen LogP) is 1.01. The van der Waals surface area contributed by atoms with E-state index in [9.17, 15) is 27.6 Å². The molecule has 0 saturated heterocycles. The van der Waals surface area contributed by atoms with Crippen LogP contribution in [0.25, 0.3) is 11.2 Å². The lowest BCUT2D eigenvalue weighted by molar-refractivity contribution is -0.137. The summed E-state index contributed by atoms with van der Waals surface area (Å²) >= 11 is 5.85. The van der Waals surface area contributed by atoms with Gasteiger partial charge in [-0.2, -0.15) is 13.2 Å². The van der Waals surface area contributed by atoms with E-state index in [1.807, 2.05) is 0 Å². The Labute approximate surface area is 171 Å². The molecule has 0 fully saturated rings. The summed E-state index contributed by atoms with van der Waals surface area (Å²) in [6.45, 7) is 0.0110. The number of alkyl halides is 3. The quantitative estimate of drug-likeness (QED) is 0.647. The third-order valence-corrected chi connectivity index (χ3v) is 4.90. The van der Waals surface area contributed by atoms with E-state index < -0.39 is 28.9 Å². The largest absolute Gasteiger partial charge is 0.417 e. The minimum absolute atomic E-state index is 0.0110. The van der Waals surface area contributed by atoms with E-state index in [-0.39, 0.29) is 40.7 Å². The van der Waals surface area contributed by atoms with E-state index in [2.05, 4.69) is 15.3 Å². The number of fused-ring (bicyclic) bond motifs is 1. The first-order chi connectivity index (χ1) is 13.9. The summed E-state index contributed by atoms with van der Waals surface area (Å²) in [7, 11) is 4.21. The SMILES string of the molecule is Cn1c(=O)c2c(nc(C(=O)NCCc3ncc(C(F)(F)F)cc3Cl)n2C)n(C)c1=O. The van der Waals surface area contributed by atoms with Crippen LogP contribution in [0, 0.1) is 0 Å². The highest BCUT2D eigenvalue weighted by atomic mass is 35.5. The Kier molecular flexibility index (Phi) is 5.46. The minimum Gasteiger partial charge on any atom is -0.349 e. The zero-order valence-electron chi connectivity index (χ0n) is 16.0. The van der Waals surface area contributed by atoms with Crippen LogP contribution in [0.5, 0.6) is 0 Å². The van der Waals surface area contributed by atoms with Gasteiger partial charge in [0.1, 0.15) is 0 Å². The maximum atomic E-state index is 12.7. The van der Waals surface area contributed by atoms with E-state index in [4.69, 9.17) is 11.6 Å². The summed E-state index contributed by atoms with van der Waals surface area (Å²) in [5, 5.41) is 2.38. The average Bonchev–Trinajstić information content (AvgIpc) is 3.02. The molecule has 1 N–H and O–H groups in total. The maximum Gasteiger partial charge on any atom is 0.417 e. The second-order valence-corrected chi connectivity index (χ2v) is 6.94. The molecule has 3 heterocycles. The van der Waals surface area contributed by atoms with Crippen LogP contribution in [-0.4, -0.2) is 36.1 Å². The van der Waals surface area contributed by atoms with E-state index >= 15 is 0 Å². The molecule has 0 aromatic carbocycles. The van der Waals surface area contributed by atoms with Crippen molar-refractivity contribution < 1.29 is 18.0 Å². The average molecular weight is 445 g/mol. The van der Waals surface area contributed by atoms with Crippen LogP contribution in [0.1, 0.15) is 21.9 Å². The summed E-state index contributed by atoms with van der Waals surface area (Å²) in [6, 6.07) is 0.771. The van der Waals surface area contributed by atoms with Gasteiger partial charge in [0.05, 0.1) is 16.3 Å². The third-order valence-electron chi connectivity index (χ3n) is 4.57. The van der Waals surface area contributed by atoms with Gasteiger partial charge in [0, 0.05) is 40.3 Å². The predicted molar refractivity (Wildman–Crippen MR) is 101 cm³/mol. The van der Waals surface area contributed by atoms with Gasteiger partial charge in [-0.1, -0.05) is 11.6 Å². The number of nitrogens with one attached hydrogen (secondary N) is 1. The topological polar surface area (TPSA) is 104 Å². The fraction of sp³-hybridized carbons (Fsp3) is 0.353. The van der Waals surface area contributed by atoms with Gasteiger partial charge in [-0.25, -0.2) is 9.78 Å². The molecule has 160 valence electrons. The zero-order chi connectivity index (χ0) is 22.4. The molecule has 0 atom stereocenters. The smallest absolute Gasteiger partial charge is 0.349 e. The molecular formula is C17H16ClF3N6O3. The Bertz CT molecular complexity index is 1270. The molecule has 9 nitrogen and oxygen atoms in total. The summed E-state index contributed by atoms with van der Waals surface area (Å²) in [5.41, 5.74) is -1.82. The number of amides is 1. The van der Waals surface area contributed by atoms with Crippen molar-refractivity contribution in [3.63, 3.8) is 0 Å². The number of carbonyl (C=O) groups excluding carboxylic acids is 1. The zero-order valence-corrected chi connectivity index (χ0v) is 16.8. The molecule has 3 aromatic heterocycles. The molecule has 0 spiro atoms. The van der Waals surface area contributed by atoms with Crippen molar-refractivity contribution in [3.8, 4) is 0 Å². The highest BCUT2D eigenvalue weighted by Crippen LogP contribution is 2.31. The highest BCUT2D eigenvalue weighted by Gasteiger charge is 2.31. The number of aryl methyl sites for hydroxylation is 2. The summed E-state index contributed by atoms with van der Waals surface area (Å²) in [6.07, 6.45) is -3.81. The number of rotatable bonds is 4. The van der Waals surface area contributed by atoms with Crippen molar-refractivity contribution >= 4 is 28.7 Å². The Hall–Kier alpha value is -3.15. The molecule has 0 aliphatic rings. The van der Waals surface area contributed by atoms with Gasteiger partial charge >= 0.3 is 11.9 Å². The Morgan fingerprint density at radius 3 is 2.43 bits per heavy atom. The molecular weight excluding hydrogens is 429 g/mol. The van der Waals surface area contributed by atoms with Crippen LogP contribution in [0.4, 0.5) is 13.2 Å². The van der Waals surface area contributed by atoms with Crippen molar-refractivity contribution in [1.29, 1.82) is 0 Å². The van der Waals surface area contributed by atoms with E-state index in [1.54, 1.807) is 0 Å². The number of nitrogens with zero attached hydrogens (tertiary/aromatic N) is 5. The number of aromatic nitrogens is 5. The summed E-state index contributed by atoms with van der Waals surface area (Å²) in [4.78, 5) is 44.7. The van der Waals surface area contributed by atoms with Crippen molar-refractivity contribution in [2.45, 2.75) is 12.6 Å². The summed E-state index contributed by atoms with van der Waals surface area (Å²) < 4.78 is 41.3. The molecule has 13 heteroatoms. The van der Waals surface area contributed by atoms with E-state index in [0.29, 0.717) is 6.20 Å². The van der Waals surface area contributed by atoms with Crippen LogP contribution in [0.15, 0.2) is 21.9 Å².